The van der Waals surface area contributed by atoms with Crippen LogP contribution < -0.4 is 10.6 Å². The lowest BCUT2D eigenvalue weighted by Gasteiger charge is -2.09. The van der Waals surface area contributed by atoms with E-state index < -0.39 is 0 Å². The maximum atomic E-state index is 6.19. The van der Waals surface area contributed by atoms with Gasteiger partial charge < -0.3 is 10.6 Å². The van der Waals surface area contributed by atoms with Crippen molar-refractivity contribution in [2.45, 2.75) is 6.54 Å². The van der Waals surface area contributed by atoms with Crippen molar-refractivity contribution < 1.29 is 0 Å². The number of aromatic nitrogens is 2. The molecule has 1 aromatic heterocycles. The first-order valence-corrected chi connectivity index (χ1v) is 8.37. The number of nitrogens with one attached hydrogen (secondary N) is 2. The van der Waals surface area contributed by atoms with Crippen LogP contribution in [0, 0.1) is 0 Å². The zero-order chi connectivity index (χ0) is 16.9. The lowest BCUT2D eigenvalue weighted by molar-refractivity contribution is 0.690. The standard InChI is InChI=1S/C17H14Cl2N4S/c18-14-7-4-8-15(19)13(14)11-23-10-9-16(22-23)21-17(24)20-12-5-2-1-3-6-12/h1-10H,11H2,(H2,20,21,22,24). The molecule has 3 rings (SSSR count). The van der Waals surface area contributed by atoms with E-state index in [2.05, 4.69) is 15.7 Å². The van der Waals surface area contributed by atoms with Crippen LogP contribution in [0.25, 0.3) is 0 Å². The first kappa shape index (κ1) is 16.8. The van der Waals surface area contributed by atoms with Crippen LogP contribution in [-0.4, -0.2) is 14.9 Å². The average molecular weight is 377 g/mol. The monoisotopic (exact) mass is 376 g/mol. The van der Waals surface area contributed by atoms with Crippen molar-refractivity contribution in [3.8, 4) is 0 Å². The van der Waals surface area contributed by atoms with Gasteiger partial charge in [0.1, 0.15) is 0 Å². The first-order chi connectivity index (χ1) is 11.6. The minimum absolute atomic E-state index is 0.474. The Morgan fingerprint density at radius 1 is 0.958 bits per heavy atom. The van der Waals surface area contributed by atoms with E-state index in [1.165, 1.54) is 0 Å². The van der Waals surface area contributed by atoms with Crippen molar-refractivity contribution in [3.05, 3.63) is 76.4 Å². The Kier molecular flexibility index (Phi) is 5.35. The molecule has 2 aromatic carbocycles. The van der Waals surface area contributed by atoms with Crippen LogP contribution in [0.3, 0.4) is 0 Å². The van der Waals surface area contributed by atoms with Gasteiger partial charge in [0, 0.05) is 33.6 Å². The number of benzene rings is 2. The fourth-order valence-electron chi connectivity index (χ4n) is 2.16. The molecule has 2 N–H and O–H groups in total. The van der Waals surface area contributed by atoms with Gasteiger partial charge in [-0.2, -0.15) is 5.10 Å². The number of nitrogens with zero attached hydrogens (tertiary/aromatic N) is 2. The Balaban J connectivity index is 1.64. The normalized spacial score (nSPS) is 10.4. The summed E-state index contributed by atoms with van der Waals surface area (Å²) in [7, 11) is 0. The summed E-state index contributed by atoms with van der Waals surface area (Å²) >= 11 is 17.7. The molecule has 0 saturated heterocycles. The molecular weight excluding hydrogens is 363 g/mol. The van der Waals surface area contributed by atoms with Gasteiger partial charge in [-0.1, -0.05) is 47.5 Å². The zero-order valence-electron chi connectivity index (χ0n) is 12.5. The van der Waals surface area contributed by atoms with Crippen LogP contribution in [0.15, 0.2) is 60.8 Å². The molecule has 122 valence electrons. The van der Waals surface area contributed by atoms with Crippen LogP contribution in [0.4, 0.5) is 11.5 Å². The summed E-state index contributed by atoms with van der Waals surface area (Å²) in [4.78, 5) is 0. The van der Waals surface area contributed by atoms with Crippen LogP contribution in [-0.2, 0) is 6.54 Å². The molecule has 0 radical (unpaired) electrons. The van der Waals surface area contributed by atoms with Gasteiger partial charge >= 0.3 is 0 Å². The highest BCUT2D eigenvalue weighted by Gasteiger charge is 2.08. The van der Waals surface area contributed by atoms with Gasteiger partial charge in [0.25, 0.3) is 0 Å². The van der Waals surface area contributed by atoms with E-state index in [4.69, 9.17) is 35.4 Å². The second-order valence-corrected chi connectivity index (χ2v) is 6.27. The van der Waals surface area contributed by atoms with E-state index in [1.54, 1.807) is 4.68 Å². The van der Waals surface area contributed by atoms with Crippen molar-refractivity contribution in [3.63, 3.8) is 0 Å². The van der Waals surface area contributed by atoms with E-state index in [1.807, 2.05) is 60.8 Å². The van der Waals surface area contributed by atoms with Crippen LogP contribution in [0.5, 0.6) is 0 Å². The third-order valence-electron chi connectivity index (χ3n) is 3.30. The van der Waals surface area contributed by atoms with Crippen molar-refractivity contribution in [2.75, 3.05) is 10.6 Å². The Morgan fingerprint density at radius 3 is 2.38 bits per heavy atom. The molecule has 24 heavy (non-hydrogen) atoms. The van der Waals surface area contributed by atoms with Crippen LogP contribution in [0.2, 0.25) is 10.0 Å². The third-order valence-corrected chi connectivity index (χ3v) is 4.21. The van der Waals surface area contributed by atoms with Crippen molar-refractivity contribution in [1.82, 2.24) is 9.78 Å². The molecule has 4 nitrogen and oxygen atoms in total. The van der Waals surface area contributed by atoms with Gasteiger partial charge in [0.15, 0.2) is 10.9 Å². The Labute approximate surface area is 155 Å². The predicted octanol–water partition coefficient (Wildman–Crippen LogP) is 5.05. The number of halogens is 2. The van der Waals surface area contributed by atoms with Crippen LogP contribution in [0.1, 0.15) is 5.56 Å². The quantitative estimate of drug-likeness (QED) is 0.625. The maximum Gasteiger partial charge on any atom is 0.176 e. The Bertz CT molecular complexity index is 829. The van der Waals surface area contributed by atoms with Crippen molar-refractivity contribution in [2.24, 2.45) is 0 Å². The molecule has 0 bridgehead atoms. The fraction of sp³-hybridized carbons (Fsp3) is 0.0588. The summed E-state index contributed by atoms with van der Waals surface area (Å²) in [5.74, 6) is 0.645. The number of hydrogen-bond acceptors (Lipinski definition) is 2. The first-order valence-electron chi connectivity index (χ1n) is 7.21. The van der Waals surface area contributed by atoms with Gasteiger partial charge in [0.2, 0.25) is 0 Å². The third kappa shape index (κ3) is 4.26. The van der Waals surface area contributed by atoms with E-state index >= 15 is 0 Å². The number of thiocarbonyl (C=S) groups is 1. The van der Waals surface area contributed by atoms with E-state index in [9.17, 15) is 0 Å². The molecule has 3 aromatic rings. The van der Waals surface area contributed by atoms with Gasteiger partial charge in [-0.25, -0.2) is 0 Å². The largest absolute Gasteiger partial charge is 0.332 e. The minimum atomic E-state index is 0.474. The lowest BCUT2D eigenvalue weighted by atomic mass is 10.2. The van der Waals surface area contributed by atoms with Crippen molar-refractivity contribution >= 4 is 52.0 Å². The molecule has 0 atom stereocenters. The summed E-state index contributed by atoms with van der Waals surface area (Å²) in [5, 5.41) is 12.3. The Hall–Kier alpha value is -2.08. The number of para-hydroxylation sites is 1. The molecule has 0 unspecified atom stereocenters. The number of rotatable bonds is 4. The van der Waals surface area contributed by atoms with E-state index in [-0.39, 0.29) is 0 Å². The van der Waals surface area contributed by atoms with Gasteiger partial charge in [-0.15, -0.1) is 0 Å². The number of anilines is 2. The van der Waals surface area contributed by atoms with Gasteiger partial charge in [0.05, 0.1) is 6.54 Å². The average Bonchev–Trinajstić information content (AvgIpc) is 2.99. The topological polar surface area (TPSA) is 41.9 Å². The summed E-state index contributed by atoms with van der Waals surface area (Å²) in [5.41, 5.74) is 1.75. The summed E-state index contributed by atoms with van der Waals surface area (Å²) < 4.78 is 1.75. The molecule has 7 heteroatoms. The highest BCUT2D eigenvalue weighted by Crippen LogP contribution is 2.25. The highest BCUT2D eigenvalue weighted by molar-refractivity contribution is 7.80. The summed E-state index contributed by atoms with van der Waals surface area (Å²) in [6.07, 6.45) is 1.84. The smallest absolute Gasteiger partial charge is 0.176 e. The second kappa shape index (κ2) is 7.66. The second-order valence-electron chi connectivity index (χ2n) is 5.04. The molecule has 0 aliphatic heterocycles. The maximum absolute atomic E-state index is 6.19. The molecule has 0 aliphatic carbocycles. The molecular formula is C17H14Cl2N4S. The predicted molar refractivity (Wildman–Crippen MR) is 104 cm³/mol. The molecule has 0 fully saturated rings. The minimum Gasteiger partial charge on any atom is -0.332 e. The number of hydrogen-bond donors (Lipinski definition) is 2. The van der Waals surface area contributed by atoms with E-state index in [0.717, 1.165) is 11.3 Å². The van der Waals surface area contributed by atoms with Crippen LogP contribution >= 0.6 is 35.4 Å². The summed E-state index contributed by atoms with van der Waals surface area (Å²) in [6.45, 7) is 0.485. The molecule has 1 heterocycles. The SMILES string of the molecule is S=C(Nc1ccccc1)Nc1ccn(Cc2c(Cl)cccc2Cl)n1. The fourth-order valence-corrected chi connectivity index (χ4v) is 2.90. The van der Waals surface area contributed by atoms with Gasteiger partial charge in [-0.05, 0) is 36.5 Å². The lowest BCUT2D eigenvalue weighted by Crippen LogP contribution is -2.19. The molecule has 0 aliphatic rings. The molecule has 0 saturated carbocycles. The Morgan fingerprint density at radius 2 is 1.67 bits per heavy atom. The zero-order valence-corrected chi connectivity index (χ0v) is 14.9. The van der Waals surface area contributed by atoms with Gasteiger partial charge in [-0.3, -0.25) is 4.68 Å². The molecule has 0 spiro atoms. The van der Waals surface area contributed by atoms with E-state index in [0.29, 0.717) is 27.5 Å². The molecule has 0 amide bonds. The van der Waals surface area contributed by atoms with Crippen molar-refractivity contribution in [1.29, 1.82) is 0 Å². The highest BCUT2D eigenvalue weighted by atomic mass is 35.5. The summed E-state index contributed by atoms with van der Waals surface area (Å²) in [6, 6.07) is 17.0.